The Balaban J connectivity index is 0.00000225. The van der Waals surface area contributed by atoms with E-state index in [0.29, 0.717) is 18.2 Å². The summed E-state index contributed by atoms with van der Waals surface area (Å²) in [4.78, 5) is 16.8. The van der Waals surface area contributed by atoms with Crippen LogP contribution < -0.4 is 10.6 Å². The van der Waals surface area contributed by atoms with E-state index in [-0.39, 0.29) is 18.3 Å². The number of nitrogens with one attached hydrogen (secondary N) is 2. The van der Waals surface area contributed by atoms with Crippen LogP contribution in [0.2, 0.25) is 0 Å². The number of thiazole rings is 1. The first-order valence-electron chi connectivity index (χ1n) is 9.34. The monoisotopic (exact) mass is 417 g/mol. The Morgan fingerprint density at radius 1 is 1.32 bits per heavy atom. The highest BCUT2D eigenvalue weighted by Gasteiger charge is 2.15. The van der Waals surface area contributed by atoms with E-state index in [0.717, 1.165) is 35.8 Å². The molecule has 148 valence electrons. The molecule has 2 N–H and O–H groups in total. The highest BCUT2D eigenvalue weighted by molar-refractivity contribution is 7.13. The fourth-order valence-electron chi connectivity index (χ4n) is 3.32. The highest BCUT2D eigenvalue weighted by atomic mass is 35.5. The van der Waals surface area contributed by atoms with Gasteiger partial charge >= 0.3 is 0 Å². The van der Waals surface area contributed by atoms with Gasteiger partial charge in [0.25, 0.3) is 5.91 Å². The molecule has 0 aliphatic carbocycles. The van der Waals surface area contributed by atoms with Crippen molar-refractivity contribution < 1.29 is 4.79 Å². The van der Waals surface area contributed by atoms with Crippen molar-refractivity contribution in [1.82, 2.24) is 25.4 Å². The van der Waals surface area contributed by atoms with Crippen LogP contribution in [-0.2, 0) is 0 Å². The van der Waals surface area contributed by atoms with Gasteiger partial charge in [-0.1, -0.05) is 18.2 Å². The minimum Gasteiger partial charge on any atom is -0.351 e. The molecule has 3 aromatic rings. The molecule has 0 radical (unpaired) electrons. The number of hydrogen-bond donors (Lipinski definition) is 2. The van der Waals surface area contributed by atoms with Crippen molar-refractivity contribution in [3.8, 4) is 16.3 Å². The molecule has 0 spiro atoms. The van der Waals surface area contributed by atoms with E-state index in [2.05, 4.69) is 20.7 Å². The number of carbonyl (C=O) groups is 1. The molecule has 3 heterocycles. The Labute approximate surface area is 174 Å². The minimum absolute atomic E-state index is 0. The topological polar surface area (TPSA) is 71.8 Å². The van der Waals surface area contributed by atoms with Gasteiger partial charge < -0.3 is 10.6 Å². The van der Waals surface area contributed by atoms with Gasteiger partial charge in [0.1, 0.15) is 10.7 Å². The van der Waals surface area contributed by atoms with E-state index in [9.17, 15) is 4.79 Å². The molecule has 6 nitrogen and oxygen atoms in total. The number of aromatic nitrogens is 3. The van der Waals surface area contributed by atoms with Gasteiger partial charge in [0.05, 0.1) is 11.9 Å². The summed E-state index contributed by atoms with van der Waals surface area (Å²) in [6.07, 6.45) is 7.20. The predicted octanol–water partition coefficient (Wildman–Crippen LogP) is 3.54. The molecular formula is C20H24ClN5OS. The Bertz CT molecular complexity index is 889. The number of hydrogen-bond acceptors (Lipinski definition) is 5. The number of amides is 1. The summed E-state index contributed by atoms with van der Waals surface area (Å²) in [5.74, 6) is 0.561. The quantitative estimate of drug-likeness (QED) is 0.643. The minimum atomic E-state index is -0.100. The van der Waals surface area contributed by atoms with Gasteiger partial charge in [-0.15, -0.1) is 23.7 Å². The maximum atomic E-state index is 12.4. The van der Waals surface area contributed by atoms with Crippen LogP contribution in [0.5, 0.6) is 0 Å². The lowest BCUT2D eigenvalue weighted by Gasteiger charge is -2.22. The lowest BCUT2D eigenvalue weighted by atomic mass is 9.96. The summed E-state index contributed by atoms with van der Waals surface area (Å²) in [7, 11) is 0. The first kappa shape index (κ1) is 20.5. The first-order valence-corrected chi connectivity index (χ1v) is 10.2. The fourth-order valence-corrected chi connectivity index (χ4v) is 4.09. The second-order valence-electron chi connectivity index (χ2n) is 6.80. The molecule has 0 saturated carbocycles. The molecule has 1 amide bonds. The van der Waals surface area contributed by atoms with Crippen molar-refractivity contribution in [2.45, 2.75) is 19.3 Å². The van der Waals surface area contributed by atoms with Gasteiger partial charge in [-0.25, -0.2) is 9.67 Å². The summed E-state index contributed by atoms with van der Waals surface area (Å²) >= 11 is 1.47. The largest absolute Gasteiger partial charge is 0.351 e. The van der Waals surface area contributed by atoms with Gasteiger partial charge in [-0.3, -0.25) is 4.79 Å². The number of rotatable bonds is 6. The van der Waals surface area contributed by atoms with Crippen LogP contribution in [-0.4, -0.2) is 40.3 Å². The van der Waals surface area contributed by atoms with Crippen LogP contribution in [0, 0.1) is 5.92 Å². The summed E-state index contributed by atoms with van der Waals surface area (Å²) in [5, 5.41) is 13.4. The van der Waals surface area contributed by atoms with Gasteiger partial charge in [-0.2, -0.15) is 5.10 Å². The van der Waals surface area contributed by atoms with Crippen LogP contribution in [0.1, 0.15) is 29.8 Å². The third-order valence-electron chi connectivity index (χ3n) is 4.82. The van der Waals surface area contributed by atoms with Crippen LogP contribution in [0.25, 0.3) is 16.3 Å². The smallest absolute Gasteiger partial charge is 0.270 e. The van der Waals surface area contributed by atoms with E-state index in [4.69, 9.17) is 0 Å². The molecular weight excluding hydrogens is 394 g/mol. The maximum absolute atomic E-state index is 12.4. The molecule has 28 heavy (non-hydrogen) atoms. The Hall–Kier alpha value is -2.22. The number of benzene rings is 1. The van der Waals surface area contributed by atoms with Crippen LogP contribution in [0.3, 0.4) is 0 Å². The molecule has 4 rings (SSSR count). The normalized spacial score (nSPS) is 16.4. The molecule has 1 aliphatic rings. The summed E-state index contributed by atoms with van der Waals surface area (Å²) in [6, 6.07) is 9.93. The molecule has 1 aliphatic heterocycles. The van der Waals surface area contributed by atoms with E-state index in [1.165, 1.54) is 24.2 Å². The predicted molar refractivity (Wildman–Crippen MR) is 114 cm³/mol. The third kappa shape index (κ3) is 4.98. The Morgan fingerprint density at radius 2 is 2.18 bits per heavy atom. The van der Waals surface area contributed by atoms with Crippen molar-refractivity contribution in [2.24, 2.45) is 5.92 Å². The van der Waals surface area contributed by atoms with Gasteiger partial charge in [0.15, 0.2) is 0 Å². The van der Waals surface area contributed by atoms with Crippen LogP contribution in [0.4, 0.5) is 0 Å². The molecule has 1 fully saturated rings. The molecule has 2 aromatic heterocycles. The average Bonchev–Trinajstić information content (AvgIpc) is 3.39. The zero-order valence-corrected chi connectivity index (χ0v) is 17.1. The number of piperidine rings is 1. The Morgan fingerprint density at radius 3 is 2.96 bits per heavy atom. The van der Waals surface area contributed by atoms with Crippen molar-refractivity contribution in [3.63, 3.8) is 0 Å². The standard InChI is InChI=1S/C20H23N5OS.ClH/c26-19(22-10-8-15-5-4-9-21-11-15)18-14-27-20(24-18)16-12-23-25(13-16)17-6-2-1-3-7-17;/h1-3,6-7,12-15,21H,4-5,8-11H2,(H,22,26);1H. The summed E-state index contributed by atoms with van der Waals surface area (Å²) < 4.78 is 1.81. The molecule has 8 heteroatoms. The molecule has 1 aromatic carbocycles. The van der Waals surface area contributed by atoms with Crippen molar-refractivity contribution >= 4 is 29.7 Å². The summed E-state index contributed by atoms with van der Waals surface area (Å²) in [6.45, 7) is 2.87. The van der Waals surface area contributed by atoms with Crippen LogP contribution in [0.15, 0.2) is 48.1 Å². The van der Waals surface area contributed by atoms with Crippen molar-refractivity contribution in [1.29, 1.82) is 0 Å². The molecule has 1 unspecified atom stereocenters. The van der Waals surface area contributed by atoms with E-state index >= 15 is 0 Å². The third-order valence-corrected chi connectivity index (χ3v) is 5.72. The second kappa shape index (κ2) is 9.82. The second-order valence-corrected chi connectivity index (χ2v) is 7.66. The molecule has 1 saturated heterocycles. The lowest BCUT2D eigenvalue weighted by molar-refractivity contribution is 0.0946. The van der Waals surface area contributed by atoms with Crippen LogP contribution >= 0.6 is 23.7 Å². The number of para-hydroxylation sites is 1. The van der Waals surface area contributed by atoms with E-state index in [1.54, 1.807) is 6.20 Å². The van der Waals surface area contributed by atoms with Crippen molar-refractivity contribution in [2.75, 3.05) is 19.6 Å². The zero-order chi connectivity index (χ0) is 18.5. The number of carbonyl (C=O) groups excluding carboxylic acids is 1. The SMILES string of the molecule is Cl.O=C(NCCC1CCCNC1)c1csc(-c2cnn(-c3ccccc3)c2)n1. The Kier molecular flexibility index (Phi) is 7.19. The van der Waals surface area contributed by atoms with Gasteiger partial charge in [0, 0.05) is 23.7 Å². The number of halogens is 1. The maximum Gasteiger partial charge on any atom is 0.270 e. The van der Waals surface area contributed by atoms with E-state index in [1.807, 2.05) is 46.6 Å². The fraction of sp³-hybridized carbons (Fsp3) is 0.350. The number of nitrogens with zero attached hydrogens (tertiary/aromatic N) is 3. The highest BCUT2D eigenvalue weighted by Crippen LogP contribution is 2.24. The van der Waals surface area contributed by atoms with Gasteiger partial charge in [0.2, 0.25) is 0 Å². The van der Waals surface area contributed by atoms with Gasteiger partial charge in [-0.05, 0) is 50.4 Å². The zero-order valence-electron chi connectivity index (χ0n) is 15.5. The van der Waals surface area contributed by atoms with E-state index < -0.39 is 0 Å². The molecule has 0 bridgehead atoms. The molecule has 1 atom stereocenters. The van der Waals surface area contributed by atoms with Crippen molar-refractivity contribution in [3.05, 3.63) is 53.8 Å². The average molecular weight is 418 g/mol. The first-order chi connectivity index (χ1) is 13.3. The lowest BCUT2D eigenvalue weighted by Crippen LogP contribution is -2.33. The summed E-state index contributed by atoms with van der Waals surface area (Å²) in [5.41, 5.74) is 2.39.